The second kappa shape index (κ2) is 6.68. The molecule has 1 saturated carbocycles. The summed E-state index contributed by atoms with van der Waals surface area (Å²) in [6.07, 6.45) is 1.94. The molecule has 9 heteroatoms. The first kappa shape index (κ1) is 18.7. The summed E-state index contributed by atoms with van der Waals surface area (Å²) in [7, 11) is -2.43. The predicted octanol–water partition coefficient (Wildman–Crippen LogP) is 1.62. The number of fused-ring (bicyclic) bond motifs is 1. The Hall–Kier alpha value is -0.670. The Kier molecular flexibility index (Phi) is 5.42. The fourth-order valence-corrected chi connectivity index (χ4v) is 6.77. The number of aryl methyl sites for hydroxylation is 1. The zero-order valence-corrected chi connectivity index (χ0v) is 15.5. The van der Waals surface area contributed by atoms with Crippen molar-refractivity contribution >= 4 is 39.7 Å². The first-order valence-electron chi connectivity index (χ1n) is 7.28. The highest BCUT2D eigenvalue weighted by molar-refractivity contribution is 7.89. The number of hydrogen-bond donors (Lipinski definition) is 1. The molecule has 0 spiro atoms. The van der Waals surface area contributed by atoms with Crippen LogP contribution >= 0.6 is 23.7 Å². The molecule has 1 aliphatic carbocycles. The molecular weight excluding hydrogens is 360 g/mol. The molecule has 3 rings (SSSR count). The number of halogens is 1. The lowest BCUT2D eigenvalue weighted by Gasteiger charge is -2.19. The van der Waals surface area contributed by atoms with Gasteiger partial charge in [0.25, 0.3) is 0 Å². The number of methoxy groups -OCH3 is 1. The largest absolute Gasteiger partial charge is 0.465 e. The summed E-state index contributed by atoms with van der Waals surface area (Å²) in [5.41, 5.74) is 6.67. The molecule has 1 saturated heterocycles. The fourth-order valence-electron chi connectivity index (χ4n) is 3.58. The van der Waals surface area contributed by atoms with Crippen LogP contribution in [0.4, 0.5) is 0 Å². The quantitative estimate of drug-likeness (QED) is 0.805. The van der Waals surface area contributed by atoms with Crippen molar-refractivity contribution in [2.24, 2.45) is 17.6 Å². The number of nitrogens with zero attached hydrogens (tertiary/aromatic N) is 1. The molecule has 0 bridgehead atoms. The van der Waals surface area contributed by atoms with Crippen LogP contribution in [-0.4, -0.2) is 44.9 Å². The summed E-state index contributed by atoms with van der Waals surface area (Å²) in [4.78, 5) is 12.1. The van der Waals surface area contributed by atoms with Gasteiger partial charge in [-0.05, 0) is 42.5 Å². The molecule has 3 atom stereocenters. The van der Waals surface area contributed by atoms with Crippen LogP contribution in [-0.2, 0) is 14.8 Å². The van der Waals surface area contributed by atoms with Crippen LogP contribution in [0.2, 0.25) is 0 Å². The Labute approximate surface area is 146 Å². The number of carbonyl (C=O) groups excluding carboxylic acids is 1. The highest BCUT2D eigenvalue weighted by Gasteiger charge is 2.46. The predicted molar refractivity (Wildman–Crippen MR) is 90.6 cm³/mol. The topological polar surface area (TPSA) is 89.7 Å². The van der Waals surface area contributed by atoms with E-state index in [0.717, 1.165) is 24.2 Å². The minimum atomic E-state index is -3.69. The second-order valence-electron chi connectivity index (χ2n) is 6.06. The maximum Gasteiger partial charge on any atom is 0.349 e. The Morgan fingerprint density at radius 1 is 1.39 bits per heavy atom. The van der Waals surface area contributed by atoms with Gasteiger partial charge in [-0.1, -0.05) is 0 Å². The Morgan fingerprint density at radius 3 is 2.70 bits per heavy atom. The van der Waals surface area contributed by atoms with Crippen molar-refractivity contribution < 1.29 is 17.9 Å². The Morgan fingerprint density at radius 2 is 2.09 bits per heavy atom. The Bertz CT molecular complexity index is 704. The van der Waals surface area contributed by atoms with Crippen molar-refractivity contribution in [2.75, 3.05) is 20.2 Å². The van der Waals surface area contributed by atoms with Crippen molar-refractivity contribution in [3.05, 3.63) is 15.8 Å². The van der Waals surface area contributed by atoms with E-state index in [1.165, 1.54) is 11.4 Å². The van der Waals surface area contributed by atoms with Gasteiger partial charge in [-0.2, -0.15) is 4.31 Å². The number of thiophene rings is 1. The van der Waals surface area contributed by atoms with Gasteiger partial charge < -0.3 is 10.5 Å². The van der Waals surface area contributed by atoms with E-state index in [1.807, 2.05) is 0 Å². The molecule has 130 valence electrons. The molecule has 23 heavy (non-hydrogen) atoms. The van der Waals surface area contributed by atoms with Gasteiger partial charge in [0.05, 0.1) is 7.11 Å². The normalized spacial score (nSPS) is 27.5. The SMILES string of the molecule is COC(=O)c1scc(C)c1S(=O)(=O)N1CC2CCC(N)C2C1.Cl. The van der Waals surface area contributed by atoms with Gasteiger partial charge in [0.15, 0.2) is 0 Å². The highest BCUT2D eigenvalue weighted by Crippen LogP contribution is 2.40. The highest BCUT2D eigenvalue weighted by atomic mass is 35.5. The van der Waals surface area contributed by atoms with Gasteiger partial charge in [-0.15, -0.1) is 23.7 Å². The average molecular weight is 381 g/mol. The third kappa shape index (κ3) is 3.02. The summed E-state index contributed by atoms with van der Waals surface area (Å²) in [5, 5.41) is 1.68. The van der Waals surface area contributed by atoms with E-state index in [1.54, 1.807) is 12.3 Å². The third-order valence-electron chi connectivity index (χ3n) is 4.77. The van der Waals surface area contributed by atoms with Crippen LogP contribution in [0.3, 0.4) is 0 Å². The van der Waals surface area contributed by atoms with Gasteiger partial charge in [-0.3, -0.25) is 0 Å². The van der Waals surface area contributed by atoms with E-state index in [2.05, 4.69) is 0 Å². The fraction of sp³-hybridized carbons (Fsp3) is 0.643. The van der Waals surface area contributed by atoms with Crippen molar-refractivity contribution in [1.29, 1.82) is 0 Å². The van der Waals surface area contributed by atoms with Gasteiger partial charge in [0, 0.05) is 19.1 Å². The third-order valence-corrected chi connectivity index (χ3v) is 7.99. The van der Waals surface area contributed by atoms with Gasteiger partial charge in [-0.25, -0.2) is 13.2 Å². The first-order chi connectivity index (χ1) is 10.4. The van der Waals surface area contributed by atoms with Crippen LogP contribution in [0.1, 0.15) is 28.1 Å². The van der Waals surface area contributed by atoms with Gasteiger partial charge in [0.1, 0.15) is 9.77 Å². The molecule has 3 unspecified atom stereocenters. The van der Waals surface area contributed by atoms with Crippen LogP contribution in [0.15, 0.2) is 10.3 Å². The first-order valence-corrected chi connectivity index (χ1v) is 9.60. The lowest BCUT2D eigenvalue weighted by molar-refractivity contribution is 0.0602. The van der Waals surface area contributed by atoms with Crippen LogP contribution in [0.25, 0.3) is 0 Å². The molecule has 0 aromatic carbocycles. The standard InChI is InChI=1S/C14H20N2O4S2.ClH/c1-8-7-21-12(14(17)20-2)13(8)22(18,19)16-5-9-3-4-11(15)10(9)6-16;/h7,9-11H,3-6,15H2,1-2H3;1H. The molecule has 6 nitrogen and oxygen atoms in total. The van der Waals surface area contributed by atoms with E-state index in [4.69, 9.17) is 10.5 Å². The molecular formula is C14H21ClN2O4S2. The van der Waals surface area contributed by atoms with E-state index in [9.17, 15) is 13.2 Å². The van der Waals surface area contributed by atoms with Gasteiger partial charge in [0.2, 0.25) is 10.0 Å². The maximum absolute atomic E-state index is 13.0. The summed E-state index contributed by atoms with van der Waals surface area (Å²) in [6.45, 7) is 2.65. The molecule has 2 heterocycles. The van der Waals surface area contributed by atoms with E-state index < -0.39 is 16.0 Å². The molecule has 2 fully saturated rings. The molecule has 2 aliphatic rings. The zero-order valence-electron chi connectivity index (χ0n) is 13.0. The molecule has 2 N–H and O–H groups in total. The van der Waals surface area contributed by atoms with Crippen LogP contribution < -0.4 is 5.73 Å². The average Bonchev–Trinajstić information content (AvgIpc) is 3.14. The molecule has 1 aromatic rings. The van der Waals surface area contributed by atoms with E-state index >= 15 is 0 Å². The van der Waals surface area contributed by atoms with E-state index in [0.29, 0.717) is 24.6 Å². The number of rotatable bonds is 3. The number of hydrogen-bond acceptors (Lipinski definition) is 6. The minimum absolute atomic E-state index is 0. The number of nitrogens with two attached hydrogens (primary N) is 1. The molecule has 0 radical (unpaired) electrons. The lowest BCUT2D eigenvalue weighted by Crippen LogP contribution is -2.34. The summed E-state index contributed by atoms with van der Waals surface area (Å²) >= 11 is 1.11. The minimum Gasteiger partial charge on any atom is -0.465 e. The number of sulfonamides is 1. The van der Waals surface area contributed by atoms with Crippen LogP contribution in [0, 0.1) is 18.8 Å². The molecule has 0 amide bonds. The monoisotopic (exact) mass is 380 g/mol. The Balaban J connectivity index is 0.00000192. The smallest absolute Gasteiger partial charge is 0.349 e. The lowest BCUT2D eigenvalue weighted by atomic mass is 9.98. The number of carbonyl (C=O) groups is 1. The summed E-state index contributed by atoms with van der Waals surface area (Å²) < 4.78 is 32.2. The summed E-state index contributed by atoms with van der Waals surface area (Å²) in [5.74, 6) is -0.0339. The number of esters is 1. The number of ether oxygens (including phenoxy) is 1. The maximum atomic E-state index is 13.0. The van der Waals surface area contributed by atoms with E-state index in [-0.39, 0.29) is 34.1 Å². The van der Waals surface area contributed by atoms with Crippen molar-refractivity contribution in [2.45, 2.75) is 30.7 Å². The molecule has 1 aliphatic heterocycles. The molecule has 1 aromatic heterocycles. The zero-order chi connectivity index (χ0) is 16.1. The van der Waals surface area contributed by atoms with Crippen molar-refractivity contribution in [1.82, 2.24) is 4.31 Å². The van der Waals surface area contributed by atoms with Gasteiger partial charge >= 0.3 is 5.97 Å². The van der Waals surface area contributed by atoms with Crippen LogP contribution in [0.5, 0.6) is 0 Å². The van der Waals surface area contributed by atoms with Crippen molar-refractivity contribution in [3.63, 3.8) is 0 Å². The second-order valence-corrected chi connectivity index (χ2v) is 8.81. The van der Waals surface area contributed by atoms with Crippen molar-refractivity contribution in [3.8, 4) is 0 Å². The summed E-state index contributed by atoms with van der Waals surface area (Å²) in [6, 6.07) is 0.0776.